The van der Waals surface area contributed by atoms with Crippen LogP contribution in [0.15, 0.2) is 18.2 Å². The Balaban J connectivity index is 3.13. The largest absolute Gasteiger partial charge is 0.365 e. The van der Waals surface area contributed by atoms with Crippen molar-refractivity contribution in [2.45, 2.75) is 13.0 Å². The van der Waals surface area contributed by atoms with Gasteiger partial charge >= 0.3 is 5.69 Å². The summed E-state index contributed by atoms with van der Waals surface area (Å²) in [6, 6.07) is 5.20. The molecule has 0 N–H and O–H groups in total. The molecule has 0 saturated carbocycles. The Kier molecular flexibility index (Phi) is 5.08. The van der Waals surface area contributed by atoms with Crippen LogP contribution in [0, 0.1) is 10.1 Å². The summed E-state index contributed by atoms with van der Waals surface area (Å²) in [6.45, 7) is 2.03. The van der Waals surface area contributed by atoms with E-state index < -0.39 is 4.92 Å². The van der Waals surface area contributed by atoms with Gasteiger partial charge in [0, 0.05) is 18.8 Å². The molecule has 1 rings (SSSR count). The van der Waals surface area contributed by atoms with Gasteiger partial charge in [-0.3, -0.25) is 10.1 Å². The average molecular weight is 275 g/mol. The van der Waals surface area contributed by atoms with Crippen molar-refractivity contribution >= 4 is 34.7 Å². The van der Waals surface area contributed by atoms with E-state index in [-0.39, 0.29) is 16.8 Å². The van der Waals surface area contributed by atoms with Crippen molar-refractivity contribution in [1.29, 1.82) is 0 Å². The first-order valence-electron chi connectivity index (χ1n) is 5.13. The van der Waals surface area contributed by atoms with Gasteiger partial charge in [0.05, 0.1) is 4.92 Å². The van der Waals surface area contributed by atoms with Crippen LogP contribution in [0.5, 0.6) is 0 Å². The van der Waals surface area contributed by atoms with Crippen LogP contribution in [-0.2, 0) is 0 Å². The first kappa shape index (κ1) is 14.1. The molecule has 0 saturated heterocycles. The first-order chi connectivity index (χ1) is 7.99. The number of nitro benzene ring substituents is 1. The number of benzene rings is 1. The SMILES string of the molecule is CSCC(C)N(C)c1cccc(Cl)c1[N+](=O)[O-]. The van der Waals surface area contributed by atoms with Crippen LogP contribution in [0.3, 0.4) is 0 Å². The quantitative estimate of drug-likeness (QED) is 0.610. The molecule has 1 aromatic rings. The molecule has 4 nitrogen and oxygen atoms in total. The van der Waals surface area contributed by atoms with Crippen molar-refractivity contribution in [3.63, 3.8) is 0 Å². The maximum absolute atomic E-state index is 11.0. The Labute approximate surface area is 110 Å². The van der Waals surface area contributed by atoms with Gasteiger partial charge in [0.25, 0.3) is 0 Å². The zero-order chi connectivity index (χ0) is 13.0. The summed E-state index contributed by atoms with van der Waals surface area (Å²) >= 11 is 7.58. The Hall–Kier alpha value is -0.940. The first-order valence-corrected chi connectivity index (χ1v) is 6.91. The van der Waals surface area contributed by atoms with Crippen molar-refractivity contribution in [2.24, 2.45) is 0 Å². The van der Waals surface area contributed by atoms with E-state index in [1.54, 1.807) is 23.9 Å². The normalized spacial score (nSPS) is 12.2. The molecule has 0 aliphatic carbocycles. The summed E-state index contributed by atoms with van der Waals surface area (Å²) in [5.74, 6) is 0.903. The number of nitrogens with zero attached hydrogens (tertiary/aromatic N) is 2. The van der Waals surface area contributed by atoms with Crippen LogP contribution in [0.25, 0.3) is 0 Å². The number of halogens is 1. The molecular weight excluding hydrogens is 260 g/mol. The molecule has 0 amide bonds. The molecule has 0 aromatic heterocycles. The van der Waals surface area contributed by atoms with E-state index in [4.69, 9.17) is 11.6 Å². The van der Waals surface area contributed by atoms with Crippen molar-refractivity contribution in [1.82, 2.24) is 0 Å². The summed E-state index contributed by atoms with van der Waals surface area (Å²) < 4.78 is 0. The van der Waals surface area contributed by atoms with Gasteiger partial charge in [-0.15, -0.1) is 0 Å². The highest BCUT2D eigenvalue weighted by atomic mass is 35.5. The molecule has 0 radical (unpaired) electrons. The third-order valence-electron chi connectivity index (χ3n) is 2.60. The minimum atomic E-state index is -0.431. The van der Waals surface area contributed by atoms with Crippen LogP contribution in [0.4, 0.5) is 11.4 Å². The monoisotopic (exact) mass is 274 g/mol. The van der Waals surface area contributed by atoms with Gasteiger partial charge in [-0.25, -0.2) is 0 Å². The third-order valence-corrected chi connectivity index (χ3v) is 3.72. The Morgan fingerprint density at radius 3 is 2.76 bits per heavy atom. The second-order valence-corrected chi connectivity index (χ2v) is 5.10. The number of anilines is 1. The predicted molar refractivity (Wildman–Crippen MR) is 74.4 cm³/mol. The fourth-order valence-electron chi connectivity index (χ4n) is 1.56. The van der Waals surface area contributed by atoms with Crippen molar-refractivity contribution in [2.75, 3.05) is 24.0 Å². The molecule has 1 aromatic carbocycles. The maximum atomic E-state index is 11.0. The molecule has 0 heterocycles. The van der Waals surface area contributed by atoms with Gasteiger partial charge in [0.15, 0.2) is 0 Å². The van der Waals surface area contributed by atoms with Gasteiger partial charge in [0.2, 0.25) is 0 Å². The molecular formula is C11H15ClN2O2S. The lowest BCUT2D eigenvalue weighted by atomic mass is 10.2. The molecule has 94 valence electrons. The molecule has 1 unspecified atom stereocenters. The van der Waals surface area contributed by atoms with Gasteiger partial charge in [-0.05, 0) is 25.3 Å². The number of para-hydroxylation sites is 1. The number of hydrogen-bond donors (Lipinski definition) is 0. The Bertz CT molecular complexity index is 414. The van der Waals surface area contributed by atoms with E-state index in [0.717, 1.165) is 5.75 Å². The standard InChI is InChI=1S/C11H15ClN2O2S/c1-8(7-17-3)13(2)10-6-4-5-9(12)11(10)14(15)16/h4-6,8H,7H2,1-3H3. The van der Waals surface area contributed by atoms with Crippen LogP contribution in [0.1, 0.15) is 6.92 Å². The molecule has 0 spiro atoms. The smallest absolute Gasteiger partial charge is 0.310 e. The summed E-state index contributed by atoms with van der Waals surface area (Å²) in [6.07, 6.45) is 2.01. The second-order valence-electron chi connectivity index (χ2n) is 3.78. The maximum Gasteiger partial charge on any atom is 0.310 e. The zero-order valence-corrected chi connectivity index (χ0v) is 11.6. The summed E-state index contributed by atoms with van der Waals surface area (Å²) in [5.41, 5.74) is 0.536. The van der Waals surface area contributed by atoms with Gasteiger partial charge in [0.1, 0.15) is 10.7 Å². The lowest BCUT2D eigenvalue weighted by Gasteiger charge is -2.26. The lowest BCUT2D eigenvalue weighted by Crippen LogP contribution is -2.31. The topological polar surface area (TPSA) is 46.4 Å². The van der Waals surface area contributed by atoms with Crippen LogP contribution >= 0.6 is 23.4 Å². The highest BCUT2D eigenvalue weighted by Crippen LogP contribution is 2.35. The van der Waals surface area contributed by atoms with Crippen molar-refractivity contribution in [3.05, 3.63) is 33.3 Å². The Morgan fingerprint density at radius 1 is 1.59 bits per heavy atom. The van der Waals surface area contributed by atoms with E-state index in [0.29, 0.717) is 5.69 Å². The molecule has 0 aliphatic heterocycles. The van der Waals surface area contributed by atoms with Crippen molar-refractivity contribution in [3.8, 4) is 0 Å². The van der Waals surface area contributed by atoms with Gasteiger partial charge < -0.3 is 4.90 Å². The van der Waals surface area contributed by atoms with Gasteiger partial charge in [-0.2, -0.15) is 11.8 Å². The third kappa shape index (κ3) is 3.26. The predicted octanol–water partition coefficient (Wildman–Crippen LogP) is 3.44. The number of rotatable bonds is 5. The Morgan fingerprint density at radius 2 is 2.24 bits per heavy atom. The number of hydrogen-bond acceptors (Lipinski definition) is 4. The summed E-state index contributed by atoms with van der Waals surface area (Å²) in [7, 11) is 1.85. The summed E-state index contributed by atoms with van der Waals surface area (Å²) in [5, 5.41) is 11.2. The molecule has 0 aliphatic rings. The molecule has 0 bridgehead atoms. The molecule has 6 heteroatoms. The lowest BCUT2D eigenvalue weighted by molar-refractivity contribution is -0.384. The van der Waals surface area contributed by atoms with Crippen LogP contribution in [0.2, 0.25) is 5.02 Å². The summed E-state index contributed by atoms with van der Waals surface area (Å²) in [4.78, 5) is 12.5. The van der Waals surface area contributed by atoms with E-state index in [1.807, 2.05) is 25.1 Å². The zero-order valence-electron chi connectivity index (χ0n) is 10.0. The van der Waals surface area contributed by atoms with E-state index in [9.17, 15) is 10.1 Å². The van der Waals surface area contributed by atoms with E-state index in [1.165, 1.54) is 6.07 Å². The van der Waals surface area contributed by atoms with Gasteiger partial charge in [-0.1, -0.05) is 17.7 Å². The molecule has 0 fully saturated rings. The minimum absolute atomic E-state index is 0.0235. The highest BCUT2D eigenvalue weighted by Gasteiger charge is 2.23. The van der Waals surface area contributed by atoms with E-state index in [2.05, 4.69) is 0 Å². The number of thioether (sulfide) groups is 1. The van der Waals surface area contributed by atoms with E-state index >= 15 is 0 Å². The number of nitro groups is 1. The fourth-order valence-corrected chi connectivity index (χ4v) is 2.50. The minimum Gasteiger partial charge on any atom is -0.365 e. The molecule has 1 atom stereocenters. The van der Waals surface area contributed by atoms with Crippen LogP contribution < -0.4 is 4.90 Å². The van der Waals surface area contributed by atoms with Crippen molar-refractivity contribution < 1.29 is 4.92 Å². The second kappa shape index (κ2) is 6.12. The molecule has 17 heavy (non-hydrogen) atoms. The average Bonchev–Trinajstić information content (AvgIpc) is 2.27. The van der Waals surface area contributed by atoms with Crippen LogP contribution in [-0.4, -0.2) is 30.0 Å². The highest BCUT2D eigenvalue weighted by molar-refractivity contribution is 7.98. The fraction of sp³-hybridized carbons (Fsp3) is 0.455.